The van der Waals surface area contributed by atoms with E-state index in [-0.39, 0.29) is 5.04 Å². The summed E-state index contributed by atoms with van der Waals surface area (Å²) in [5, 5.41) is 22.5. The summed E-state index contributed by atoms with van der Waals surface area (Å²) in [7, 11) is 1.03. The van der Waals surface area contributed by atoms with Crippen molar-refractivity contribution in [3.63, 3.8) is 0 Å². The highest BCUT2D eigenvalue weighted by molar-refractivity contribution is 7.80. The quantitative estimate of drug-likeness (QED) is 0.239. The predicted octanol–water partition coefficient (Wildman–Crippen LogP) is 1.95. The number of rotatable bonds is 4. The molecule has 0 fully saturated rings. The molecule has 96 valence electrons. The molecule has 0 aliphatic carbocycles. The zero-order valence-electron chi connectivity index (χ0n) is 10.9. The van der Waals surface area contributed by atoms with Gasteiger partial charge < -0.3 is 10.4 Å². The molecule has 0 aromatic heterocycles. The van der Waals surface area contributed by atoms with E-state index in [9.17, 15) is 0 Å². The van der Waals surface area contributed by atoms with Crippen LogP contribution in [0, 0.1) is 0 Å². The zero-order valence-corrected chi connectivity index (χ0v) is 13.8. The number of nitrogens with zero attached hydrogens (tertiary/aromatic N) is 2. The lowest BCUT2D eigenvalue weighted by atomic mass is 10.00. The Kier molecular flexibility index (Phi) is 10.9. The molecule has 0 bridgehead atoms. The lowest BCUT2D eigenvalue weighted by Crippen LogP contribution is -2.18. The van der Waals surface area contributed by atoms with Crippen LogP contribution in [0.15, 0.2) is 10.3 Å². The minimum atomic E-state index is 0.150. The Balaban J connectivity index is 0. The highest BCUT2D eigenvalue weighted by atomic mass is 32.1. The smallest absolute Gasteiger partial charge is 0.0561 e. The Labute approximate surface area is 107 Å². The summed E-state index contributed by atoms with van der Waals surface area (Å²) in [6.07, 6.45) is 2.18. The molecule has 0 aromatic rings. The standard InChI is InChI=1S/C7H17NOSSi.C3H7NO/c1-6(8-9)7(2,11)4-3-5-10;1-3(2)4-5/h9-10H,3-5H2,1-2,11H3;5H,1-2H3. The molecular formula is C10H24N2O2SSi. The van der Waals surface area contributed by atoms with Crippen LogP contribution in [0.3, 0.4) is 0 Å². The van der Waals surface area contributed by atoms with Crippen LogP contribution in [-0.4, -0.2) is 37.8 Å². The highest BCUT2D eigenvalue weighted by Crippen LogP contribution is 2.28. The summed E-state index contributed by atoms with van der Waals surface area (Å²) in [6, 6.07) is 0. The van der Waals surface area contributed by atoms with E-state index >= 15 is 0 Å². The van der Waals surface area contributed by atoms with Crippen LogP contribution in [0.1, 0.15) is 40.5 Å². The first kappa shape index (κ1) is 17.9. The van der Waals surface area contributed by atoms with Gasteiger partial charge in [-0.2, -0.15) is 12.6 Å². The van der Waals surface area contributed by atoms with E-state index < -0.39 is 0 Å². The molecule has 4 nitrogen and oxygen atoms in total. The summed E-state index contributed by atoms with van der Waals surface area (Å²) in [6.45, 7) is 7.46. The van der Waals surface area contributed by atoms with Crippen LogP contribution < -0.4 is 0 Å². The van der Waals surface area contributed by atoms with E-state index in [0.29, 0.717) is 5.71 Å². The second-order valence-corrected chi connectivity index (χ2v) is 7.10. The van der Waals surface area contributed by atoms with E-state index in [1.165, 1.54) is 0 Å². The summed E-state index contributed by atoms with van der Waals surface area (Å²) in [5.41, 5.74) is 1.54. The Morgan fingerprint density at radius 1 is 1.25 bits per heavy atom. The average molecular weight is 264 g/mol. The summed E-state index contributed by atoms with van der Waals surface area (Å²) in [4.78, 5) is 0. The van der Waals surface area contributed by atoms with Crippen molar-refractivity contribution >= 4 is 34.3 Å². The maximum Gasteiger partial charge on any atom is 0.0561 e. The van der Waals surface area contributed by atoms with Crippen molar-refractivity contribution in [3.8, 4) is 0 Å². The maximum absolute atomic E-state index is 8.56. The van der Waals surface area contributed by atoms with Gasteiger partial charge in [-0.15, -0.1) is 0 Å². The molecule has 0 aromatic carbocycles. The Morgan fingerprint density at radius 2 is 1.69 bits per heavy atom. The second kappa shape index (κ2) is 9.71. The Hall–Kier alpha value is -0.493. The first-order chi connectivity index (χ1) is 7.31. The second-order valence-electron chi connectivity index (χ2n) is 4.44. The van der Waals surface area contributed by atoms with Crippen molar-refractivity contribution in [1.29, 1.82) is 0 Å². The van der Waals surface area contributed by atoms with Gasteiger partial charge in [0.25, 0.3) is 0 Å². The van der Waals surface area contributed by atoms with E-state index in [1.807, 2.05) is 6.92 Å². The van der Waals surface area contributed by atoms with E-state index in [0.717, 1.165) is 34.5 Å². The fourth-order valence-electron chi connectivity index (χ4n) is 0.837. The third-order valence-electron chi connectivity index (χ3n) is 2.29. The van der Waals surface area contributed by atoms with Crippen molar-refractivity contribution in [1.82, 2.24) is 0 Å². The van der Waals surface area contributed by atoms with Gasteiger partial charge in [-0.3, -0.25) is 0 Å². The van der Waals surface area contributed by atoms with Crippen LogP contribution in [-0.2, 0) is 0 Å². The van der Waals surface area contributed by atoms with Crippen LogP contribution >= 0.6 is 12.6 Å². The molecule has 1 atom stereocenters. The molecule has 2 N–H and O–H groups in total. The van der Waals surface area contributed by atoms with Crippen LogP contribution in [0.25, 0.3) is 0 Å². The molecule has 0 rings (SSSR count). The number of oxime groups is 2. The molecule has 1 unspecified atom stereocenters. The average Bonchev–Trinajstić information content (AvgIpc) is 2.25. The predicted molar refractivity (Wildman–Crippen MR) is 76.9 cm³/mol. The zero-order chi connectivity index (χ0) is 13.2. The van der Waals surface area contributed by atoms with Gasteiger partial charge in [0, 0.05) is 10.2 Å². The van der Waals surface area contributed by atoms with Crippen molar-refractivity contribution in [2.75, 3.05) is 5.75 Å². The van der Waals surface area contributed by atoms with Crippen molar-refractivity contribution in [2.24, 2.45) is 10.3 Å². The molecule has 16 heavy (non-hydrogen) atoms. The first-order valence-corrected chi connectivity index (χ1v) is 6.90. The lowest BCUT2D eigenvalue weighted by Gasteiger charge is -2.22. The van der Waals surface area contributed by atoms with Gasteiger partial charge in [-0.25, -0.2) is 0 Å². The number of thiol groups is 1. The van der Waals surface area contributed by atoms with Gasteiger partial charge in [0.2, 0.25) is 0 Å². The monoisotopic (exact) mass is 264 g/mol. The Morgan fingerprint density at radius 3 is 1.94 bits per heavy atom. The summed E-state index contributed by atoms with van der Waals surface area (Å²) >= 11 is 4.14. The lowest BCUT2D eigenvalue weighted by molar-refractivity contribution is 0.315. The molecule has 0 radical (unpaired) electrons. The van der Waals surface area contributed by atoms with Crippen molar-refractivity contribution in [3.05, 3.63) is 0 Å². The topological polar surface area (TPSA) is 65.2 Å². The molecule has 6 heteroatoms. The highest BCUT2D eigenvalue weighted by Gasteiger charge is 2.20. The molecule has 0 saturated carbocycles. The molecule has 0 aliphatic heterocycles. The molecule has 0 amide bonds. The maximum atomic E-state index is 8.56. The molecule has 0 spiro atoms. The number of hydrogen-bond acceptors (Lipinski definition) is 5. The van der Waals surface area contributed by atoms with Crippen LogP contribution in [0.4, 0.5) is 0 Å². The SMILES string of the molecule is CC(=NO)C(C)([SiH3])CCCS.CC(C)=NO. The van der Waals surface area contributed by atoms with Gasteiger partial charge in [0.1, 0.15) is 0 Å². The van der Waals surface area contributed by atoms with E-state index in [1.54, 1.807) is 13.8 Å². The Bertz CT molecular complexity index is 239. The van der Waals surface area contributed by atoms with Crippen molar-refractivity contribution in [2.45, 2.75) is 45.6 Å². The van der Waals surface area contributed by atoms with Gasteiger partial charge in [0.05, 0.1) is 11.4 Å². The third kappa shape index (κ3) is 10.0. The minimum absolute atomic E-state index is 0.150. The van der Waals surface area contributed by atoms with Gasteiger partial charge >= 0.3 is 0 Å². The molecular weight excluding hydrogens is 240 g/mol. The molecule has 0 heterocycles. The van der Waals surface area contributed by atoms with E-state index in [2.05, 4.69) is 29.9 Å². The van der Waals surface area contributed by atoms with Gasteiger partial charge in [-0.1, -0.05) is 17.2 Å². The molecule has 0 aliphatic rings. The van der Waals surface area contributed by atoms with Crippen LogP contribution in [0.5, 0.6) is 0 Å². The summed E-state index contributed by atoms with van der Waals surface area (Å²) in [5.74, 6) is 0.913. The van der Waals surface area contributed by atoms with E-state index in [4.69, 9.17) is 10.4 Å². The van der Waals surface area contributed by atoms with Crippen LogP contribution in [0.2, 0.25) is 5.04 Å². The normalized spacial score (nSPS) is 14.7. The van der Waals surface area contributed by atoms with Gasteiger partial charge in [-0.05, 0) is 44.4 Å². The molecule has 0 saturated heterocycles. The number of hydrogen-bond donors (Lipinski definition) is 3. The fraction of sp³-hybridized carbons (Fsp3) is 0.800. The largest absolute Gasteiger partial charge is 0.411 e. The van der Waals surface area contributed by atoms with Crippen molar-refractivity contribution < 1.29 is 10.4 Å². The van der Waals surface area contributed by atoms with Gasteiger partial charge in [0.15, 0.2) is 0 Å². The third-order valence-corrected chi connectivity index (χ3v) is 3.83. The minimum Gasteiger partial charge on any atom is -0.411 e. The summed E-state index contributed by atoms with van der Waals surface area (Å²) < 4.78 is 0. The fourth-order valence-corrected chi connectivity index (χ4v) is 1.45. The first-order valence-electron chi connectivity index (χ1n) is 5.27.